The van der Waals surface area contributed by atoms with Crippen molar-refractivity contribution in [3.05, 3.63) is 0 Å². The van der Waals surface area contributed by atoms with E-state index in [9.17, 15) is 4.79 Å². The van der Waals surface area contributed by atoms with E-state index in [4.69, 9.17) is 0 Å². The van der Waals surface area contributed by atoms with Crippen LogP contribution in [0.2, 0.25) is 0 Å². The highest BCUT2D eigenvalue weighted by Gasteiger charge is 2.31. The van der Waals surface area contributed by atoms with Crippen molar-refractivity contribution in [3.8, 4) is 0 Å². The Kier molecular flexibility index (Phi) is 1.68. The molecule has 10 heavy (non-hydrogen) atoms. The van der Waals surface area contributed by atoms with Gasteiger partial charge in [-0.05, 0) is 20.8 Å². The molecular formula is C7H14N2O. The smallest absolute Gasteiger partial charge is 0.239 e. The number of hydrogen-bond donors (Lipinski definition) is 2. The molecule has 58 valence electrons. The van der Waals surface area contributed by atoms with Crippen molar-refractivity contribution < 1.29 is 4.79 Å². The molecule has 1 amide bonds. The molecule has 1 fully saturated rings. The van der Waals surface area contributed by atoms with Crippen LogP contribution < -0.4 is 10.6 Å². The minimum atomic E-state index is -0.382. The summed E-state index contributed by atoms with van der Waals surface area (Å²) in [6, 6.07) is 0.264. The molecule has 0 aromatic carbocycles. The third-order valence-corrected chi connectivity index (χ3v) is 1.80. The Morgan fingerprint density at radius 1 is 1.60 bits per heavy atom. The third-order valence-electron chi connectivity index (χ3n) is 1.80. The Bertz CT molecular complexity index is 154. The number of carbonyl (C=O) groups is 1. The molecule has 3 nitrogen and oxygen atoms in total. The van der Waals surface area contributed by atoms with E-state index in [1.54, 1.807) is 0 Å². The molecule has 1 unspecified atom stereocenters. The number of piperazine rings is 1. The van der Waals surface area contributed by atoms with Crippen LogP contribution in [0.5, 0.6) is 0 Å². The van der Waals surface area contributed by atoms with Gasteiger partial charge in [0.1, 0.15) is 0 Å². The number of amides is 1. The Hall–Kier alpha value is -0.570. The molecule has 0 radical (unpaired) electrons. The predicted molar refractivity (Wildman–Crippen MR) is 39.7 cm³/mol. The highest BCUT2D eigenvalue weighted by molar-refractivity contribution is 5.86. The van der Waals surface area contributed by atoms with Gasteiger partial charge in [-0.15, -0.1) is 0 Å². The second-order valence-corrected chi connectivity index (χ2v) is 3.38. The normalized spacial score (nSPS) is 31.5. The van der Waals surface area contributed by atoms with E-state index >= 15 is 0 Å². The summed E-state index contributed by atoms with van der Waals surface area (Å²) in [5, 5.41) is 6.01. The standard InChI is InChI=1S/C7H14N2O/c1-5-4-8-7(2,3)6(10)9-5/h5,8H,4H2,1-3H3,(H,9,10). The fourth-order valence-electron chi connectivity index (χ4n) is 0.944. The van der Waals surface area contributed by atoms with Crippen LogP contribution in [0.25, 0.3) is 0 Å². The zero-order valence-corrected chi connectivity index (χ0v) is 6.69. The molecule has 0 aliphatic carbocycles. The first kappa shape index (κ1) is 7.54. The van der Waals surface area contributed by atoms with Gasteiger partial charge in [0.2, 0.25) is 5.91 Å². The Morgan fingerprint density at radius 3 is 2.60 bits per heavy atom. The van der Waals surface area contributed by atoms with Crippen LogP contribution in [-0.4, -0.2) is 24.0 Å². The van der Waals surface area contributed by atoms with Crippen molar-refractivity contribution in [1.82, 2.24) is 10.6 Å². The van der Waals surface area contributed by atoms with Gasteiger partial charge in [0.25, 0.3) is 0 Å². The van der Waals surface area contributed by atoms with Crippen molar-refractivity contribution in [3.63, 3.8) is 0 Å². The summed E-state index contributed by atoms with van der Waals surface area (Å²) in [7, 11) is 0. The van der Waals surface area contributed by atoms with Crippen LogP contribution in [0.15, 0.2) is 0 Å². The summed E-state index contributed by atoms with van der Waals surface area (Å²) in [5.74, 6) is 0.0891. The molecule has 0 spiro atoms. The Balaban J connectivity index is 2.61. The second kappa shape index (κ2) is 2.23. The maximum atomic E-state index is 11.2. The molecule has 3 heteroatoms. The lowest BCUT2D eigenvalue weighted by Gasteiger charge is -2.33. The highest BCUT2D eigenvalue weighted by atomic mass is 16.2. The zero-order valence-electron chi connectivity index (χ0n) is 6.69. The number of rotatable bonds is 0. The van der Waals surface area contributed by atoms with Crippen molar-refractivity contribution in [2.45, 2.75) is 32.4 Å². The summed E-state index contributed by atoms with van der Waals surface area (Å²) in [6.07, 6.45) is 0. The average Bonchev–Trinajstić information content (AvgIpc) is 1.81. The van der Waals surface area contributed by atoms with E-state index in [1.807, 2.05) is 20.8 Å². The van der Waals surface area contributed by atoms with Crippen LogP contribution >= 0.6 is 0 Å². The molecule has 2 N–H and O–H groups in total. The summed E-state index contributed by atoms with van der Waals surface area (Å²) in [4.78, 5) is 11.2. The van der Waals surface area contributed by atoms with E-state index in [2.05, 4.69) is 10.6 Å². The van der Waals surface area contributed by atoms with E-state index in [0.29, 0.717) is 0 Å². The van der Waals surface area contributed by atoms with E-state index in [1.165, 1.54) is 0 Å². The lowest BCUT2D eigenvalue weighted by Crippen LogP contribution is -2.63. The lowest BCUT2D eigenvalue weighted by atomic mass is 10.0. The molecule has 1 aliphatic rings. The SMILES string of the molecule is CC1CNC(C)(C)C(=O)N1. The first-order valence-electron chi connectivity index (χ1n) is 3.58. The van der Waals surface area contributed by atoms with Crippen LogP contribution in [0.3, 0.4) is 0 Å². The van der Waals surface area contributed by atoms with E-state index < -0.39 is 0 Å². The van der Waals surface area contributed by atoms with Crippen LogP contribution in [0.1, 0.15) is 20.8 Å². The number of hydrogen-bond acceptors (Lipinski definition) is 2. The fourth-order valence-corrected chi connectivity index (χ4v) is 0.944. The van der Waals surface area contributed by atoms with Gasteiger partial charge in [0.05, 0.1) is 5.54 Å². The highest BCUT2D eigenvalue weighted by Crippen LogP contribution is 2.06. The topological polar surface area (TPSA) is 41.1 Å². The Labute approximate surface area is 61.2 Å². The molecule has 1 rings (SSSR count). The molecule has 0 saturated carbocycles. The Morgan fingerprint density at radius 2 is 2.20 bits per heavy atom. The van der Waals surface area contributed by atoms with Crippen LogP contribution in [0, 0.1) is 0 Å². The zero-order chi connectivity index (χ0) is 7.78. The molecule has 1 heterocycles. The number of nitrogens with one attached hydrogen (secondary N) is 2. The van der Waals surface area contributed by atoms with Gasteiger partial charge in [-0.25, -0.2) is 0 Å². The van der Waals surface area contributed by atoms with Crippen molar-refractivity contribution in [2.24, 2.45) is 0 Å². The van der Waals surface area contributed by atoms with Crippen LogP contribution in [0.4, 0.5) is 0 Å². The van der Waals surface area contributed by atoms with Crippen molar-refractivity contribution >= 4 is 5.91 Å². The number of carbonyl (C=O) groups excluding carboxylic acids is 1. The monoisotopic (exact) mass is 142 g/mol. The van der Waals surface area contributed by atoms with Gasteiger partial charge in [0.15, 0.2) is 0 Å². The van der Waals surface area contributed by atoms with Gasteiger partial charge in [-0.3, -0.25) is 4.79 Å². The molecule has 0 aromatic heterocycles. The molecule has 1 saturated heterocycles. The molecule has 1 aliphatic heterocycles. The van der Waals surface area contributed by atoms with Crippen LogP contribution in [-0.2, 0) is 4.79 Å². The third kappa shape index (κ3) is 1.29. The van der Waals surface area contributed by atoms with Crippen molar-refractivity contribution in [2.75, 3.05) is 6.54 Å². The van der Waals surface area contributed by atoms with E-state index in [0.717, 1.165) is 6.54 Å². The minimum Gasteiger partial charge on any atom is -0.351 e. The molecule has 0 aromatic rings. The predicted octanol–water partition coefficient (Wildman–Crippen LogP) is -0.127. The quantitative estimate of drug-likeness (QED) is 0.495. The molecule has 0 bridgehead atoms. The first-order chi connectivity index (χ1) is 4.52. The largest absolute Gasteiger partial charge is 0.351 e. The van der Waals surface area contributed by atoms with Gasteiger partial charge in [0, 0.05) is 12.6 Å². The summed E-state index contributed by atoms with van der Waals surface area (Å²) in [6.45, 7) is 6.61. The van der Waals surface area contributed by atoms with Crippen molar-refractivity contribution in [1.29, 1.82) is 0 Å². The second-order valence-electron chi connectivity index (χ2n) is 3.38. The minimum absolute atomic E-state index is 0.0891. The van der Waals surface area contributed by atoms with E-state index in [-0.39, 0.29) is 17.5 Å². The molecule has 1 atom stereocenters. The summed E-state index contributed by atoms with van der Waals surface area (Å²) < 4.78 is 0. The summed E-state index contributed by atoms with van der Waals surface area (Å²) >= 11 is 0. The summed E-state index contributed by atoms with van der Waals surface area (Å²) in [5.41, 5.74) is -0.382. The van der Waals surface area contributed by atoms with Gasteiger partial charge >= 0.3 is 0 Å². The average molecular weight is 142 g/mol. The van der Waals surface area contributed by atoms with Gasteiger partial charge in [-0.2, -0.15) is 0 Å². The lowest BCUT2D eigenvalue weighted by molar-refractivity contribution is -0.128. The molecular weight excluding hydrogens is 128 g/mol. The maximum Gasteiger partial charge on any atom is 0.239 e. The van der Waals surface area contributed by atoms with Gasteiger partial charge in [-0.1, -0.05) is 0 Å². The first-order valence-corrected chi connectivity index (χ1v) is 3.58. The fraction of sp³-hybridized carbons (Fsp3) is 0.857. The van der Waals surface area contributed by atoms with Gasteiger partial charge < -0.3 is 10.6 Å². The maximum absolute atomic E-state index is 11.2.